The van der Waals surface area contributed by atoms with E-state index in [0.717, 1.165) is 25.6 Å². The molecule has 0 saturated heterocycles. The normalized spacial score (nSPS) is 16.8. The van der Waals surface area contributed by atoms with Crippen molar-refractivity contribution in [1.82, 2.24) is 10.2 Å². The van der Waals surface area contributed by atoms with Crippen LogP contribution in [0.4, 0.5) is 0 Å². The smallest absolute Gasteiger partial charge is 0.0331 e. The summed E-state index contributed by atoms with van der Waals surface area (Å²) in [6.07, 6.45) is 5.78. The van der Waals surface area contributed by atoms with E-state index in [-0.39, 0.29) is 0 Å². The summed E-state index contributed by atoms with van der Waals surface area (Å²) in [5, 5.41) is 5.83. The Morgan fingerprint density at radius 3 is 2.79 bits per heavy atom. The zero-order chi connectivity index (χ0) is 13.5. The van der Waals surface area contributed by atoms with Crippen molar-refractivity contribution in [2.45, 2.75) is 52.1 Å². The third-order valence-corrected chi connectivity index (χ3v) is 5.01. The quantitative estimate of drug-likeness (QED) is 0.730. The first-order valence-corrected chi connectivity index (χ1v) is 8.61. The molecule has 0 aliphatic heterocycles. The molecule has 0 unspecified atom stereocenters. The van der Waals surface area contributed by atoms with Crippen molar-refractivity contribution in [2.75, 3.05) is 19.6 Å². The van der Waals surface area contributed by atoms with Gasteiger partial charge >= 0.3 is 0 Å². The van der Waals surface area contributed by atoms with E-state index in [1.807, 2.05) is 11.3 Å². The minimum absolute atomic E-state index is 0.621. The Balaban J connectivity index is 1.65. The lowest BCUT2D eigenvalue weighted by Gasteiger charge is -2.26. The number of nitrogens with one attached hydrogen (secondary N) is 1. The summed E-state index contributed by atoms with van der Waals surface area (Å²) in [4.78, 5) is 4.04. The first-order valence-electron chi connectivity index (χ1n) is 7.73. The molecule has 1 aliphatic carbocycles. The molecular formula is C16H28N2S. The molecule has 0 spiro atoms. The molecule has 2 nitrogen and oxygen atoms in total. The van der Waals surface area contributed by atoms with Crippen molar-refractivity contribution in [1.29, 1.82) is 0 Å². The highest BCUT2D eigenvalue weighted by Gasteiger charge is 2.15. The molecule has 2 rings (SSSR count). The molecule has 1 fully saturated rings. The molecule has 108 valence electrons. The van der Waals surface area contributed by atoms with Crippen LogP contribution in [0, 0.1) is 5.92 Å². The van der Waals surface area contributed by atoms with E-state index in [9.17, 15) is 0 Å². The fourth-order valence-electron chi connectivity index (χ4n) is 2.87. The number of hydrogen-bond donors (Lipinski definition) is 1. The monoisotopic (exact) mass is 280 g/mol. The lowest BCUT2D eigenvalue weighted by molar-refractivity contribution is 0.214. The second-order valence-electron chi connectivity index (χ2n) is 6.00. The van der Waals surface area contributed by atoms with Crippen LogP contribution in [0.1, 0.15) is 44.4 Å². The van der Waals surface area contributed by atoms with Crippen LogP contribution in [0.2, 0.25) is 0 Å². The Kier molecular flexibility index (Phi) is 6.35. The molecule has 0 atom stereocenters. The van der Waals surface area contributed by atoms with E-state index in [4.69, 9.17) is 0 Å². The van der Waals surface area contributed by atoms with Gasteiger partial charge in [0.25, 0.3) is 0 Å². The topological polar surface area (TPSA) is 15.3 Å². The highest BCUT2D eigenvalue weighted by atomic mass is 32.1. The van der Waals surface area contributed by atoms with E-state index in [1.165, 1.54) is 37.1 Å². The highest BCUT2D eigenvalue weighted by molar-refractivity contribution is 7.09. The largest absolute Gasteiger partial charge is 0.315 e. The summed E-state index contributed by atoms with van der Waals surface area (Å²) in [5.74, 6) is 0.949. The summed E-state index contributed by atoms with van der Waals surface area (Å²) in [6, 6.07) is 5.01. The predicted octanol–water partition coefficient (Wildman–Crippen LogP) is 3.74. The standard InChI is InChI=1S/C16H28N2S/c1-14(2)18(13-16-8-5-11-19-16)10-9-17-12-15-6-3-4-7-15/h5,8,11,14-15,17H,3-4,6-7,9-10,12-13H2,1-2H3. The summed E-state index contributed by atoms with van der Waals surface area (Å²) < 4.78 is 0. The summed E-state index contributed by atoms with van der Waals surface area (Å²) in [6.45, 7) is 9.20. The maximum absolute atomic E-state index is 3.65. The molecule has 1 aromatic rings. The minimum atomic E-state index is 0.621. The van der Waals surface area contributed by atoms with Gasteiger partial charge in [0.05, 0.1) is 0 Å². The van der Waals surface area contributed by atoms with Gasteiger partial charge in [0, 0.05) is 30.6 Å². The zero-order valence-corrected chi connectivity index (χ0v) is 13.2. The molecule has 0 radical (unpaired) electrons. The molecule has 0 amide bonds. The molecule has 1 aromatic heterocycles. The Bertz CT molecular complexity index is 329. The fraction of sp³-hybridized carbons (Fsp3) is 0.750. The van der Waals surface area contributed by atoms with Crippen molar-refractivity contribution in [2.24, 2.45) is 5.92 Å². The maximum Gasteiger partial charge on any atom is 0.0331 e. The van der Waals surface area contributed by atoms with E-state index in [2.05, 4.69) is 41.6 Å². The Morgan fingerprint density at radius 1 is 1.37 bits per heavy atom. The van der Waals surface area contributed by atoms with Gasteiger partial charge in [0.2, 0.25) is 0 Å². The second-order valence-corrected chi connectivity index (χ2v) is 7.03. The Hall–Kier alpha value is -0.380. The first kappa shape index (κ1) is 15.0. The van der Waals surface area contributed by atoms with Gasteiger partial charge < -0.3 is 5.32 Å². The zero-order valence-electron chi connectivity index (χ0n) is 12.4. The van der Waals surface area contributed by atoms with Crippen molar-refractivity contribution < 1.29 is 0 Å². The van der Waals surface area contributed by atoms with Crippen molar-refractivity contribution in [3.8, 4) is 0 Å². The molecule has 1 N–H and O–H groups in total. The van der Waals surface area contributed by atoms with Gasteiger partial charge in [-0.3, -0.25) is 4.90 Å². The predicted molar refractivity (Wildman–Crippen MR) is 84.7 cm³/mol. The van der Waals surface area contributed by atoms with Gasteiger partial charge in [-0.1, -0.05) is 18.9 Å². The van der Waals surface area contributed by atoms with Crippen LogP contribution in [-0.4, -0.2) is 30.6 Å². The van der Waals surface area contributed by atoms with Gasteiger partial charge in [0.1, 0.15) is 0 Å². The van der Waals surface area contributed by atoms with Crippen LogP contribution < -0.4 is 5.32 Å². The summed E-state index contributed by atoms with van der Waals surface area (Å²) in [5.41, 5.74) is 0. The number of rotatable bonds is 8. The molecule has 3 heteroatoms. The average Bonchev–Trinajstić information content (AvgIpc) is 3.05. The third-order valence-electron chi connectivity index (χ3n) is 4.15. The molecule has 19 heavy (non-hydrogen) atoms. The lowest BCUT2D eigenvalue weighted by atomic mass is 10.1. The number of hydrogen-bond acceptors (Lipinski definition) is 3. The summed E-state index contributed by atoms with van der Waals surface area (Å²) in [7, 11) is 0. The molecule has 1 saturated carbocycles. The van der Waals surface area contributed by atoms with E-state index < -0.39 is 0 Å². The summed E-state index contributed by atoms with van der Waals surface area (Å²) >= 11 is 1.87. The van der Waals surface area contributed by atoms with Crippen LogP contribution in [0.3, 0.4) is 0 Å². The Morgan fingerprint density at radius 2 is 2.16 bits per heavy atom. The van der Waals surface area contributed by atoms with Crippen molar-refractivity contribution >= 4 is 11.3 Å². The van der Waals surface area contributed by atoms with Gasteiger partial charge in [-0.15, -0.1) is 11.3 Å². The number of nitrogens with zero attached hydrogens (tertiary/aromatic N) is 1. The molecular weight excluding hydrogens is 252 g/mol. The van der Waals surface area contributed by atoms with Gasteiger partial charge in [-0.25, -0.2) is 0 Å². The van der Waals surface area contributed by atoms with Crippen molar-refractivity contribution in [3.63, 3.8) is 0 Å². The van der Waals surface area contributed by atoms with E-state index >= 15 is 0 Å². The third kappa shape index (κ3) is 5.25. The number of thiophene rings is 1. The van der Waals surface area contributed by atoms with Gasteiger partial charge in [-0.2, -0.15) is 0 Å². The van der Waals surface area contributed by atoms with Crippen LogP contribution in [-0.2, 0) is 6.54 Å². The van der Waals surface area contributed by atoms with Crippen LogP contribution in [0.25, 0.3) is 0 Å². The first-order chi connectivity index (χ1) is 9.25. The SMILES string of the molecule is CC(C)N(CCNCC1CCCC1)Cc1cccs1. The molecule has 0 bridgehead atoms. The minimum Gasteiger partial charge on any atom is -0.315 e. The molecule has 1 heterocycles. The fourth-order valence-corrected chi connectivity index (χ4v) is 3.60. The van der Waals surface area contributed by atoms with E-state index in [0.29, 0.717) is 6.04 Å². The average molecular weight is 280 g/mol. The van der Waals surface area contributed by atoms with Crippen LogP contribution >= 0.6 is 11.3 Å². The lowest BCUT2D eigenvalue weighted by Crippen LogP contribution is -2.37. The van der Waals surface area contributed by atoms with Crippen LogP contribution in [0.5, 0.6) is 0 Å². The Labute approximate surface area is 122 Å². The van der Waals surface area contributed by atoms with Crippen molar-refractivity contribution in [3.05, 3.63) is 22.4 Å². The molecule has 0 aromatic carbocycles. The van der Waals surface area contributed by atoms with Gasteiger partial charge in [-0.05, 0) is 50.6 Å². The second kappa shape index (κ2) is 8.03. The highest BCUT2D eigenvalue weighted by Crippen LogP contribution is 2.23. The molecule has 1 aliphatic rings. The van der Waals surface area contributed by atoms with Gasteiger partial charge in [0.15, 0.2) is 0 Å². The van der Waals surface area contributed by atoms with E-state index in [1.54, 1.807) is 0 Å². The maximum atomic E-state index is 3.65. The van der Waals surface area contributed by atoms with Crippen LogP contribution in [0.15, 0.2) is 17.5 Å².